The Kier molecular flexibility index (Phi) is 3.87. The van der Waals surface area contributed by atoms with Gasteiger partial charge < -0.3 is 24.8 Å². The molecule has 0 aromatic heterocycles. The SMILES string of the molecule is O=C(N[C@H]1CN2CCC1CC2)c1ccc2c(c1)OCC(CO)O2. The van der Waals surface area contributed by atoms with E-state index in [0.717, 1.165) is 19.6 Å². The molecule has 5 rings (SSSR count). The summed E-state index contributed by atoms with van der Waals surface area (Å²) in [5, 5.41) is 12.3. The van der Waals surface area contributed by atoms with E-state index in [9.17, 15) is 4.79 Å². The molecule has 0 radical (unpaired) electrons. The number of nitrogens with zero attached hydrogens (tertiary/aromatic N) is 1. The minimum absolute atomic E-state index is 0.0561. The zero-order valence-electron chi connectivity index (χ0n) is 13.0. The van der Waals surface area contributed by atoms with Gasteiger partial charge in [0.1, 0.15) is 6.61 Å². The third kappa shape index (κ3) is 2.88. The quantitative estimate of drug-likeness (QED) is 0.856. The lowest BCUT2D eigenvalue weighted by atomic mass is 9.84. The van der Waals surface area contributed by atoms with Crippen molar-refractivity contribution in [1.29, 1.82) is 0 Å². The van der Waals surface area contributed by atoms with Gasteiger partial charge in [0, 0.05) is 18.2 Å². The van der Waals surface area contributed by atoms with Crippen molar-refractivity contribution in [3.63, 3.8) is 0 Å². The summed E-state index contributed by atoms with van der Waals surface area (Å²) in [6.07, 6.45) is 2.01. The Morgan fingerprint density at radius 1 is 1.30 bits per heavy atom. The van der Waals surface area contributed by atoms with Crippen LogP contribution in [0.3, 0.4) is 0 Å². The number of nitrogens with one attached hydrogen (secondary N) is 1. The Morgan fingerprint density at radius 3 is 2.83 bits per heavy atom. The topological polar surface area (TPSA) is 71.0 Å². The first-order valence-corrected chi connectivity index (χ1v) is 8.30. The third-order valence-electron chi connectivity index (χ3n) is 5.10. The van der Waals surface area contributed by atoms with E-state index in [1.54, 1.807) is 18.2 Å². The highest BCUT2D eigenvalue weighted by Crippen LogP contribution is 2.33. The number of fused-ring (bicyclic) bond motifs is 4. The molecule has 0 aliphatic carbocycles. The maximum atomic E-state index is 12.5. The van der Waals surface area contributed by atoms with Crippen LogP contribution >= 0.6 is 0 Å². The molecule has 124 valence electrons. The van der Waals surface area contributed by atoms with Gasteiger partial charge in [0.05, 0.1) is 6.61 Å². The lowest BCUT2D eigenvalue weighted by molar-refractivity contribution is 0.0454. The van der Waals surface area contributed by atoms with Gasteiger partial charge in [-0.05, 0) is 50.0 Å². The van der Waals surface area contributed by atoms with Crippen LogP contribution in [0.4, 0.5) is 0 Å². The van der Waals surface area contributed by atoms with Gasteiger partial charge in [-0.25, -0.2) is 0 Å². The molecular formula is C17H22N2O4. The Balaban J connectivity index is 1.45. The van der Waals surface area contributed by atoms with Gasteiger partial charge in [0.15, 0.2) is 17.6 Å². The van der Waals surface area contributed by atoms with E-state index in [4.69, 9.17) is 14.6 Å². The molecule has 6 nitrogen and oxygen atoms in total. The highest BCUT2D eigenvalue weighted by Gasteiger charge is 2.35. The molecule has 4 aliphatic rings. The summed E-state index contributed by atoms with van der Waals surface area (Å²) in [5.74, 6) is 1.69. The molecule has 3 saturated heterocycles. The number of aliphatic hydroxyl groups excluding tert-OH is 1. The number of hydrogen-bond acceptors (Lipinski definition) is 5. The number of benzene rings is 1. The average molecular weight is 318 g/mol. The van der Waals surface area contributed by atoms with Crippen molar-refractivity contribution < 1.29 is 19.4 Å². The molecule has 1 aromatic rings. The van der Waals surface area contributed by atoms with Crippen molar-refractivity contribution in [2.45, 2.75) is 25.0 Å². The second kappa shape index (κ2) is 6.02. The molecule has 1 amide bonds. The molecule has 4 heterocycles. The van der Waals surface area contributed by atoms with Crippen molar-refractivity contribution in [3.8, 4) is 11.5 Å². The molecule has 2 bridgehead atoms. The summed E-state index contributed by atoms with van der Waals surface area (Å²) >= 11 is 0. The van der Waals surface area contributed by atoms with Gasteiger partial charge in [-0.15, -0.1) is 0 Å². The van der Waals surface area contributed by atoms with Crippen LogP contribution in [0, 0.1) is 5.92 Å². The Morgan fingerprint density at radius 2 is 2.13 bits per heavy atom. The zero-order chi connectivity index (χ0) is 15.8. The summed E-state index contributed by atoms with van der Waals surface area (Å²) in [5.41, 5.74) is 0.589. The lowest BCUT2D eigenvalue weighted by Crippen LogP contribution is -2.57. The molecule has 6 heteroatoms. The minimum atomic E-state index is -0.339. The summed E-state index contributed by atoms with van der Waals surface area (Å²) < 4.78 is 11.2. The number of ether oxygens (including phenoxy) is 2. The van der Waals surface area contributed by atoms with Crippen LogP contribution in [0.1, 0.15) is 23.2 Å². The van der Waals surface area contributed by atoms with Crippen LogP contribution in [0.15, 0.2) is 18.2 Å². The summed E-state index contributed by atoms with van der Waals surface area (Å²) in [7, 11) is 0. The van der Waals surface area contributed by atoms with Gasteiger partial charge in [-0.1, -0.05) is 0 Å². The summed E-state index contributed by atoms with van der Waals surface area (Å²) in [4.78, 5) is 14.9. The monoisotopic (exact) mass is 318 g/mol. The largest absolute Gasteiger partial charge is 0.486 e. The first-order chi connectivity index (χ1) is 11.2. The second-order valence-corrected chi connectivity index (χ2v) is 6.61. The Bertz CT molecular complexity index is 598. The Labute approximate surface area is 135 Å². The fourth-order valence-electron chi connectivity index (χ4n) is 3.73. The average Bonchev–Trinajstić information content (AvgIpc) is 2.61. The van der Waals surface area contributed by atoms with E-state index in [1.165, 1.54) is 12.8 Å². The van der Waals surface area contributed by atoms with Crippen molar-refractivity contribution in [2.24, 2.45) is 5.92 Å². The fraction of sp³-hybridized carbons (Fsp3) is 0.588. The molecule has 2 N–H and O–H groups in total. The van der Waals surface area contributed by atoms with Crippen LogP contribution in [0.2, 0.25) is 0 Å². The number of carbonyl (C=O) groups excluding carboxylic acids is 1. The highest BCUT2D eigenvalue weighted by atomic mass is 16.6. The highest BCUT2D eigenvalue weighted by molar-refractivity contribution is 5.95. The summed E-state index contributed by atoms with van der Waals surface area (Å²) in [6.45, 7) is 3.49. The van der Waals surface area contributed by atoms with Crippen molar-refractivity contribution in [3.05, 3.63) is 23.8 Å². The van der Waals surface area contributed by atoms with E-state index in [0.29, 0.717) is 29.6 Å². The van der Waals surface area contributed by atoms with Crippen LogP contribution in [-0.2, 0) is 0 Å². The number of rotatable bonds is 3. The predicted octanol–water partition coefficient (Wildman–Crippen LogP) is 0.643. The van der Waals surface area contributed by atoms with Crippen LogP contribution in [0.25, 0.3) is 0 Å². The van der Waals surface area contributed by atoms with E-state index in [-0.39, 0.29) is 24.7 Å². The number of amides is 1. The third-order valence-corrected chi connectivity index (χ3v) is 5.10. The molecular weight excluding hydrogens is 296 g/mol. The number of hydrogen-bond donors (Lipinski definition) is 2. The zero-order valence-corrected chi connectivity index (χ0v) is 13.0. The number of carbonyl (C=O) groups is 1. The van der Waals surface area contributed by atoms with E-state index >= 15 is 0 Å². The smallest absolute Gasteiger partial charge is 0.251 e. The van der Waals surface area contributed by atoms with Crippen LogP contribution in [-0.4, -0.2) is 60.9 Å². The predicted molar refractivity (Wildman–Crippen MR) is 83.9 cm³/mol. The second-order valence-electron chi connectivity index (χ2n) is 6.61. The molecule has 1 aromatic carbocycles. The molecule has 1 unspecified atom stereocenters. The maximum absolute atomic E-state index is 12.5. The maximum Gasteiger partial charge on any atom is 0.251 e. The number of piperidine rings is 3. The molecule has 4 aliphatic heterocycles. The first kappa shape index (κ1) is 14.8. The van der Waals surface area contributed by atoms with Gasteiger partial charge in [-0.2, -0.15) is 0 Å². The van der Waals surface area contributed by atoms with Gasteiger partial charge in [0.25, 0.3) is 5.91 Å². The standard InChI is InChI=1S/C17H22N2O4/c20-9-13-10-22-16-7-12(1-2-15(16)23-13)17(21)18-14-8-19-5-3-11(14)4-6-19/h1-2,7,11,13-14,20H,3-6,8-10H2,(H,18,21)/t13?,14-/m0/s1. The fourth-order valence-corrected chi connectivity index (χ4v) is 3.73. The van der Waals surface area contributed by atoms with E-state index in [1.807, 2.05) is 0 Å². The summed E-state index contributed by atoms with van der Waals surface area (Å²) in [6, 6.07) is 5.46. The van der Waals surface area contributed by atoms with Crippen molar-refractivity contribution >= 4 is 5.91 Å². The molecule has 2 atom stereocenters. The van der Waals surface area contributed by atoms with Gasteiger partial charge in [0.2, 0.25) is 0 Å². The molecule has 23 heavy (non-hydrogen) atoms. The van der Waals surface area contributed by atoms with Crippen LogP contribution < -0.4 is 14.8 Å². The first-order valence-electron chi connectivity index (χ1n) is 8.30. The molecule has 0 spiro atoms. The Hall–Kier alpha value is -1.79. The normalized spacial score (nSPS) is 31.7. The lowest BCUT2D eigenvalue weighted by Gasteiger charge is -2.44. The van der Waals surface area contributed by atoms with Crippen LogP contribution in [0.5, 0.6) is 11.5 Å². The van der Waals surface area contributed by atoms with Gasteiger partial charge >= 0.3 is 0 Å². The molecule has 3 fully saturated rings. The number of aliphatic hydroxyl groups is 1. The molecule has 0 saturated carbocycles. The van der Waals surface area contributed by atoms with Crippen molar-refractivity contribution in [1.82, 2.24) is 10.2 Å². The van der Waals surface area contributed by atoms with E-state index < -0.39 is 0 Å². The minimum Gasteiger partial charge on any atom is -0.486 e. The van der Waals surface area contributed by atoms with Gasteiger partial charge in [-0.3, -0.25) is 4.79 Å². The van der Waals surface area contributed by atoms with Crippen molar-refractivity contribution in [2.75, 3.05) is 32.8 Å². The van der Waals surface area contributed by atoms with E-state index in [2.05, 4.69) is 10.2 Å².